The summed E-state index contributed by atoms with van der Waals surface area (Å²) in [6, 6.07) is 9.86. The molecular weight excluding hydrogens is 264 g/mol. The van der Waals surface area contributed by atoms with Crippen LogP contribution in [-0.2, 0) is 9.53 Å². The van der Waals surface area contributed by atoms with Crippen molar-refractivity contribution in [3.63, 3.8) is 0 Å². The van der Waals surface area contributed by atoms with Crippen LogP contribution in [0.2, 0.25) is 0 Å². The van der Waals surface area contributed by atoms with Gasteiger partial charge in [-0.25, -0.2) is 0 Å². The molecule has 1 saturated heterocycles. The Morgan fingerprint density at radius 3 is 2.47 bits per heavy atom. The SMILES string of the molecule is C[C@@H](NC(=O)C1(N)CCOCC1)c1ccccc1.Cl. The summed E-state index contributed by atoms with van der Waals surface area (Å²) in [6.07, 6.45) is 1.17. The van der Waals surface area contributed by atoms with E-state index >= 15 is 0 Å². The van der Waals surface area contributed by atoms with E-state index in [4.69, 9.17) is 10.5 Å². The first kappa shape index (κ1) is 16.0. The van der Waals surface area contributed by atoms with Crippen LogP contribution in [0.15, 0.2) is 30.3 Å². The van der Waals surface area contributed by atoms with Gasteiger partial charge in [0, 0.05) is 13.2 Å². The molecule has 4 nitrogen and oxygen atoms in total. The standard InChI is InChI=1S/C14H20N2O2.ClH/c1-11(12-5-3-2-4-6-12)16-13(17)14(15)7-9-18-10-8-14;/h2-6,11H,7-10,15H2,1H3,(H,16,17);1H/t11-;/m1./s1. The van der Waals surface area contributed by atoms with E-state index < -0.39 is 5.54 Å². The molecule has 0 bridgehead atoms. The number of carbonyl (C=O) groups is 1. The Labute approximate surface area is 120 Å². The van der Waals surface area contributed by atoms with Crippen LogP contribution in [0.1, 0.15) is 31.4 Å². The van der Waals surface area contributed by atoms with Crippen molar-refractivity contribution in [1.29, 1.82) is 0 Å². The van der Waals surface area contributed by atoms with E-state index in [1.807, 2.05) is 37.3 Å². The Morgan fingerprint density at radius 2 is 1.89 bits per heavy atom. The van der Waals surface area contributed by atoms with E-state index in [0.717, 1.165) is 5.56 Å². The first-order valence-corrected chi connectivity index (χ1v) is 6.34. The van der Waals surface area contributed by atoms with Crippen LogP contribution < -0.4 is 11.1 Å². The third-order valence-corrected chi connectivity index (χ3v) is 3.48. The molecule has 1 aromatic carbocycles. The van der Waals surface area contributed by atoms with Gasteiger partial charge in [-0.1, -0.05) is 30.3 Å². The summed E-state index contributed by atoms with van der Waals surface area (Å²) in [4.78, 5) is 12.2. The monoisotopic (exact) mass is 284 g/mol. The number of hydrogen-bond acceptors (Lipinski definition) is 3. The minimum absolute atomic E-state index is 0. The van der Waals surface area contributed by atoms with Gasteiger partial charge in [0.1, 0.15) is 0 Å². The number of ether oxygens (including phenoxy) is 1. The Morgan fingerprint density at radius 1 is 1.32 bits per heavy atom. The molecule has 1 aromatic rings. The first-order chi connectivity index (χ1) is 8.62. The molecule has 106 valence electrons. The first-order valence-electron chi connectivity index (χ1n) is 6.34. The highest BCUT2D eigenvalue weighted by Crippen LogP contribution is 2.20. The van der Waals surface area contributed by atoms with E-state index in [9.17, 15) is 4.79 Å². The van der Waals surface area contributed by atoms with Gasteiger partial charge in [-0.05, 0) is 25.3 Å². The van der Waals surface area contributed by atoms with Crippen LogP contribution in [0.4, 0.5) is 0 Å². The summed E-state index contributed by atoms with van der Waals surface area (Å²) in [5.41, 5.74) is 6.45. The summed E-state index contributed by atoms with van der Waals surface area (Å²) in [5.74, 6) is -0.0813. The molecule has 1 atom stereocenters. The Hall–Kier alpha value is -1.10. The molecule has 1 heterocycles. The fourth-order valence-corrected chi connectivity index (χ4v) is 2.13. The van der Waals surface area contributed by atoms with E-state index in [2.05, 4.69) is 5.32 Å². The van der Waals surface area contributed by atoms with Crippen molar-refractivity contribution in [2.75, 3.05) is 13.2 Å². The number of halogens is 1. The molecule has 19 heavy (non-hydrogen) atoms. The summed E-state index contributed by atoms with van der Waals surface area (Å²) >= 11 is 0. The van der Waals surface area contributed by atoms with Crippen molar-refractivity contribution in [3.8, 4) is 0 Å². The quantitative estimate of drug-likeness (QED) is 0.889. The van der Waals surface area contributed by atoms with E-state index in [0.29, 0.717) is 26.1 Å². The third-order valence-electron chi connectivity index (χ3n) is 3.48. The van der Waals surface area contributed by atoms with Gasteiger partial charge in [0.05, 0.1) is 11.6 Å². The van der Waals surface area contributed by atoms with Crippen molar-refractivity contribution in [2.45, 2.75) is 31.3 Å². The molecule has 0 saturated carbocycles. The number of hydrogen-bond donors (Lipinski definition) is 2. The molecule has 0 unspecified atom stereocenters. The fraction of sp³-hybridized carbons (Fsp3) is 0.500. The maximum Gasteiger partial charge on any atom is 0.240 e. The summed E-state index contributed by atoms with van der Waals surface area (Å²) in [6.45, 7) is 3.09. The number of benzene rings is 1. The van der Waals surface area contributed by atoms with Gasteiger partial charge in [-0.2, -0.15) is 0 Å². The zero-order valence-electron chi connectivity index (χ0n) is 11.1. The lowest BCUT2D eigenvalue weighted by atomic mass is 9.90. The molecule has 0 radical (unpaired) electrons. The minimum Gasteiger partial charge on any atom is -0.381 e. The summed E-state index contributed by atoms with van der Waals surface area (Å²) in [5, 5.41) is 2.99. The largest absolute Gasteiger partial charge is 0.381 e. The lowest BCUT2D eigenvalue weighted by Gasteiger charge is -2.33. The lowest BCUT2D eigenvalue weighted by Crippen LogP contribution is -2.57. The molecule has 0 aliphatic carbocycles. The lowest BCUT2D eigenvalue weighted by molar-refractivity contribution is -0.130. The average molecular weight is 285 g/mol. The topological polar surface area (TPSA) is 64.4 Å². The number of rotatable bonds is 3. The molecule has 5 heteroatoms. The zero-order valence-corrected chi connectivity index (χ0v) is 11.9. The predicted octanol–water partition coefficient (Wildman–Crippen LogP) is 1.79. The van der Waals surface area contributed by atoms with Crippen molar-refractivity contribution < 1.29 is 9.53 Å². The second-order valence-corrected chi connectivity index (χ2v) is 4.87. The van der Waals surface area contributed by atoms with Gasteiger partial charge in [0.25, 0.3) is 0 Å². The Balaban J connectivity index is 0.00000180. The van der Waals surface area contributed by atoms with Crippen molar-refractivity contribution in [3.05, 3.63) is 35.9 Å². The highest BCUT2D eigenvalue weighted by molar-refractivity contribution is 5.86. The number of carbonyl (C=O) groups excluding carboxylic acids is 1. The smallest absolute Gasteiger partial charge is 0.240 e. The van der Waals surface area contributed by atoms with Crippen LogP contribution in [0.3, 0.4) is 0 Å². The van der Waals surface area contributed by atoms with Crippen LogP contribution >= 0.6 is 12.4 Å². The molecule has 1 amide bonds. The van der Waals surface area contributed by atoms with Crippen molar-refractivity contribution in [2.24, 2.45) is 5.73 Å². The van der Waals surface area contributed by atoms with Gasteiger partial charge in [-0.3, -0.25) is 4.79 Å². The molecule has 1 fully saturated rings. The van der Waals surface area contributed by atoms with Crippen LogP contribution in [-0.4, -0.2) is 24.7 Å². The van der Waals surface area contributed by atoms with Gasteiger partial charge in [0.15, 0.2) is 0 Å². The zero-order chi connectivity index (χ0) is 13.0. The van der Waals surface area contributed by atoms with Gasteiger partial charge >= 0.3 is 0 Å². The molecule has 0 aromatic heterocycles. The fourth-order valence-electron chi connectivity index (χ4n) is 2.13. The van der Waals surface area contributed by atoms with Crippen molar-refractivity contribution >= 4 is 18.3 Å². The van der Waals surface area contributed by atoms with Gasteiger partial charge in [-0.15, -0.1) is 12.4 Å². The molecule has 0 spiro atoms. The molecule has 1 aliphatic rings. The predicted molar refractivity (Wildman–Crippen MR) is 77.2 cm³/mol. The molecule has 1 aliphatic heterocycles. The maximum absolute atomic E-state index is 12.2. The Kier molecular flexibility index (Phi) is 5.79. The normalized spacial score (nSPS) is 19.1. The van der Waals surface area contributed by atoms with E-state index in [-0.39, 0.29) is 24.4 Å². The minimum atomic E-state index is -0.776. The molecule has 3 N–H and O–H groups in total. The van der Waals surface area contributed by atoms with Crippen molar-refractivity contribution in [1.82, 2.24) is 5.32 Å². The highest BCUT2D eigenvalue weighted by atomic mass is 35.5. The Bertz CT molecular complexity index is 405. The van der Waals surface area contributed by atoms with Gasteiger partial charge < -0.3 is 15.8 Å². The second-order valence-electron chi connectivity index (χ2n) is 4.87. The second kappa shape index (κ2) is 6.89. The van der Waals surface area contributed by atoms with E-state index in [1.165, 1.54) is 0 Å². The van der Waals surface area contributed by atoms with Gasteiger partial charge in [0.2, 0.25) is 5.91 Å². The van der Waals surface area contributed by atoms with Crippen LogP contribution in [0.25, 0.3) is 0 Å². The van der Waals surface area contributed by atoms with Crippen LogP contribution in [0, 0.1) is 0 Å². The van der Waals surface area contributed by atoms with E-state index in [1.54, 1.807) is 0 Å². The number of amides is 1. The number of nitrogens with two attached hydrogens (primary N) is 1. The highest BCUT2D eigenvalue weighted by Gasteiger charge is 2.36. The maximum atomic E-state index is 12.2. The average Bonchev–Trinajstić information content (AvgIpc) is 2.40. The van der Waals surface area contributed by atoms with Crippen LogP contribution in [0.5, 0.6) is 0 Å². The molecular formula is C14H21ClN2O2. The summed E-state index contributed by atoms with van der Waals surface area (Å²) < 4.78 is 5.24. The molecule has 2 rings (SSSR count). The summed E-state index contributed by atoms with van der Waals surface area (Å²) in [7, 11) is 0. The number of nitrogens with one attached hydrogen (secondary N) is 1. The third kappa shape index (κ3) is 3.93.